The van der Waals surface area contributed by atoms with E-state index in [0.29, 0.717) is 25.7 Å². The quantitative estimate of drug-likeness (QED) is 0.754. The van der Waals surface area contributed by atoms with Crippen molar-refractivity contribution in [3.63, 3.8) is 0 Å². The zero-order valence-electron chi connectivity index (χ0n) is 19.9. The molecule has 1 aromatic heterocycles. The average Bonchev–Trinajstić information content (AvgIpc) is 2.83. The number of nitrogens with one attached hydrogen (secondary N) is 1. The number of aromatic nitrogens is 2. The number of carbonyl (C=O) groups excluding carboxylic acids is 2. The highest BCUT2D eigenvalue weighted by molar-refractivity contribution is 5.78. The summed E-state index contributed by atoms with van der Waals surface area (Å²) >= 11 is 0. The van der Waals surface area contributed by atoms with Crippen LogP contribution >= 0.6 is 0 Å². The lowest BCUT2D eigenvalue weighted by molar-refractivity contribution is -0.134. The van der Waals surface area contributed by atoms with Gasteiger partial charge in [-0.1, -0.05) is 19.3 Å². The second-order valence-corrected chi connectivity index (χ2v) is 9.67. The molecule has 32 heavy (non-hydrogen) atoms. The van der Waals surface area contributed by atoms with Gasteiger partial charge in [0, 0.05) is 71.1 Å². The molecule has 1 saturated heterocycles. The predicted octanol–water partition coefficient (Wildman–Crippen LogP) is 2.39. The van der Waals surface area contributed by atoms with Gasteiger partial charge in [-0.15, -0.1) is 0 Å². The summed E-state index contributed by atoms with van der Waals surface area (Å²) in [5.74, 6) is 2.24. The van der Waals surface area contributed by atoms with Crippen LogP contribution in [0.15, 0.2) is 0 Å². The van der Waals surface area contributed by atoms with Gasteiger partial charge in [-0.3, -0.25) is 14.5 Å². The molecule has 2 amide bonds. The summed E-state index contributed by atoms with van der Waals surface area (Å²) in [4.78, 5) is 40.7. The molecule has 8 heteroatoms. The topological polar surface area (TPSA) is 81.7 Å². The first-order valence-corrected chi connectivity index (χ1v) is 12.3. The molecule has 3 heterocycles. The van der Waals surface area contributed by atoms with Crippen LogP contribution in [0.25, 0.3) is 0 Å². The average molecular weight is 443 g/mol. The highest BCUT2D eigenvalue weighted by Gasteiger charge is 2.30. The number of piperidine rings is 1. The number of carbonyl (C=O) groups is 2. The number of fused-ring (bicyclic) bond motifs is 1. The summed E-state index contributed by atoms with van der Waals surface area (Å²) < 4.78 is 0. The van der Waals surface area contributed by atoms with Crippen molar-refractivity contribution in [3.8, 4) is 0 Å². The van der Waals surface area contributed by atoms with E-state index in [4.69, 9.17) is 9.97 Å². The molecule has 2 fully saturated rings. The molecule has 1 aliphatic carbocycles. The van der Waals surface area contributed by atoms with Crippen LogP contribution in [0, 0.1) is 0 Å². The SMILES string of the molecule is CNc1nc([C@@H]2CCCN(C(C)=O)C2)nc2c1CN(CC(=O)N(C)C1CCCCC1)CC2. The fourth-order valence-electron chi connectivity index (χ4n) is 5.46. The van der Waals surface area contributed by atoms with Gasteiger partial charge in [0.05, 0.1) is 12.2 Å². The number of hydrogen-bond acceptors (Lipinski definition) is 6. The molecule has 2 aliphatic heterocycles. The number of hydrogen-bond donors (Lipinski definition) is 1. The first kappa shape index (κ1) is 23.0. The maximum atomic E-state index is 12.9. The van der Waals surface area contributed by atoms with Crippen molar-refractivity contribution in [2.45, 2.75) is 76.8 Å². The molecule has 176 valence electrons. The molecule has 0 bridgehead atoms. The summed E-state index contributed by atoms with van der Waals surface area (Å²) in [7, 11) is 3.87. The van der Waals surface area contributed by atoms with Gasteiger partial charge < -0.3 is 15.1 Å². The molecule has 4 rings (SSSR count). The van der Waals surface area contributed by atoms with Gasteiger partial charge in [0.1, 0.15) is 11.6 Å². The van der Waals surface area contributed by atoms with Crippen LogP contribution < -0.4 is 5.32 Å². The number of anilines is 1. The predicted molar refractivity (Wildman–Crippen MR) is 124 cm³/mol. The minimum atomic E-state index is 0.125. The number of likely N-dealkylation sites (N-methyl/N-ethyl adjacent to an activating group) is 1. The van der Waals surface area contributed by atoms with Crippen LogP contribution in [-0.4, -0.2) is 82.8 Å². The van der Waals surface area contributed by atoms with E-state index in [1.807, 2.05) is 23.9 Å². The van der Waals surface area contributed by atoms with E-state index >= 15 is 0 Å². The zero-order valence-corrected chi connectivity index (χ0v) is 19.9. The Balaban J connectivity index is 1.44. The van der Waals surface area contributed by atoms with Gasteiger partial charge in [-0.25, -0.2) is 9.97 Å². The third-order valence-electron chi connectivity index (χ3n) is 7.50. The van der Waals surface area contributed by atoms with Crippen LogP contribution in [0.1, 0.15) is 74.9 Å². The smallest absolute Gasteiger partial charge is 0.236 e. The summed E-state index contributed by atoms with van der Waals surface area (Å²) in [6.45, 7) is 5.14. The summed E-state index contributed by atoms with van der Waals surface area (Å²) in [5, 5.41) is 3.26. The van der Waals surface area contributed by atoms with E-state index in [9.17, 15) is 9.59 Å². The minimum Gasteiger partial charge on any atom is -0.373 e. The molecule has 1 atom stereocenters. The Morgan fingerprint density at radius 3 is 2.59 bits per heavy atom. The molecule has 3 aliphatic rings. The molecule has 1 aromatic rings. The van der Waals surface area contributed by atoms with E-state index in [2.05, 4.69) is 10.2 Å². The van der Waals surface area contributed by atoms with Crippen molar-refractivity contribution in [1.82, 2.24) is 24.7 Å². The van der Waals surface area contributed by atoms with Crippen molar-refractivity contribution < 1.29 is 9.59 Å². The second kappa shape index (κ2) is 10.1. The van der Waals surface area contributed by atoms with Crippen molar-refractivity contribution in [1.29, 1.82) is 0 Å². The standard InChI is InChI=1S/C24H38N6O2/c1-17(31)30-12-7-8-18(14-30)23-26-21-11-13-29(15-20(21)24(25-2)27-23)16-22(32)28(3)19-9-5-4-6-10-19/h18-19H,4-16H2,1-3H3,(H,25,26,27)/t18-/m1/s1. The van der Waals surface area contributed by atoms with Gasteiger partial charge in [-0.05, 0) is 25.7 Å². The number of nitrogens with zero attached hydrogens (tertiary/aromatic N) is 5. The number of amides is 2. The van der Waals surface area contributed by atoms with Crippen LogP contribution in [-0.2, 0) is 22.6 Å². The molecular formula is C24H38N6O2. The first-order chi connectivity index (χ1) is 15.5. The zero-order chi connectivity index (χ0) is 22.7. The lowest BCUT2D eigenvalue weighted by Crippen LogP contribution is -2.45. The van der Waals surface area contributed by atoms with Crippen molar-refractivity contribution in [2.24, 2.45) is 0 Å². The third-order valence-corrected chi connectivity index (χ3v) is 7.50. The summed E-state index contributed by atoms with van der Waals surface area (Å²) in [6, 6.07) is 0.400. The summed E-state index contributed by atoms with van der Waals surface area (Å²) in [6.07, 6.45) is 8.85. The van der Waals surface area contributed by atoms with Crippen molar-refractivity contribution >= 4 is 17.6 Å². The minimum absolute atomic E-state index is 0.125. The molecule has 8 nitrogen and oxygen atoms in total. The Morgan fingerprint density at radius 2 is 1.88 bits per heavy atom. The number of rotatable bonds is 5. The molecule has 0 aromatic carbocycles. The molecular weight excluding hydrogens is 404 g/mol. The van der Waals surface area contributed by atoms with E-state index in [1.165, 1.54) is 19.3 Å². The van der Waals surface area contributed by atoms with Gasteiger partial charge in [0.25, 0.3) is 0 Å². The van der Waals surface area contributed by atoms with E-state index in [0.717, 1.165) is 68.1 Å². The van der Waals surface area contributed by atoms with Gasteiger partial charge in [0.15, 0.2) is 0 Å². The second-order valence-electron chi connectivity index (χ2n) is 9.67. The lowest BCUT2D eigenvalue weighted by Gasteiger charge is -2.35. The van der Waals surface area contributed by atoms with Gasteiger partial charge >= 0.3 is 0 Å². The Morgan fingerprint density at radius 1 is 1.09 bits per heavy atom. The van der Waals surface area contributed by atoms with Crippen molar-refractivity contribution in [2.75, 3.05) is 45.6 Å². The highest BCUT2D eigenvalue weighted by atomic mass is 16.2. The maximum absolute atomic E-state index is 12.9. The van der Waals surface area contributed by atoms with E-state index in [1.54, 1.807) is 6.92 Å². The summed E-state index contributed by atoms with van der Waals surface area (Å²) in [5.41, 5.74) is 2.19. The third kappa shape index (κ3) is 5.05. The Bertz CT molecular complexity index is 821. The molecule has 1 saturated carbocycles. The monoisotopic (exact) mass is 442 g/mol. The van der Waals surface area contributed by atoms with E-state index < -0.39 is 0 Å². The lowest BCUT2D eigenvalue weighted by atomic mass is 9.94. The van der Waals surface area contributed by atoms with Gasteiger partial charge in [0.2, 0.25) is 11.8 Å². The van der Waals surface area contributed by atoms with Crippen LogP contribution in [0.5, 0.6) is 0 Å². The first-order valence-electron chi connectivity index (χ1n) is 12.3. The van der Waals surface area contributed by atoms with E-state index in [-0.39, 0.29) is 17.7 Å². The maximum Gasteiger partial charge on any atom is 0.236 e. The molecule has 0 unspecified atom stereocenters. The van der Waals surface area contributed by atoms with Crippen LogP contribution in [0.4, 0.5) is 5.82 Å². The Labute approximate surface area is 191 Å². The van der Waals surface area contributed by atoms with Crippen LogP contribution in [0.2, 0.25) is 0 Å². The fourth-order valence-corrected chi connectivity index (χ4v) is 5.46. The normalized spacial score (nSPS) is 22.3. The molecule has 0 radical (unpaired) electrons. The van der Waals surface area contributed by atoms with Crippen LogP contribution in [0.3, 0.4) is 0 Å². The largest absolute Gasteiger partial charge is 0.373 e. The van der Waals surface area contributed by atoms with Crippen molar-refractivity contribution in [3.05, 3.63) is 17.1 Å². The fraction of sp³-hybridized carbons (Fsp3) is 0.750. The molecule has 0 spiro atoms. The number of likely N-dealkylation sites (tertiary alicyclic amines) is 1. The Hall–Kier alpha value is -2.22. The highest BCUT2D eigenvalue weighted by Crippen LogP contribution is 2.30. The molecule has 1 N–H and O–H groups in total. The van der Waals surface area contributed by atoms with Gasteiger partial charge in [-0.2, -0.15) is 0 Å². The Kier molecular flexibility index (Phi) is 7.28.